The third-order valence-corrected chi connectivity index (χ3v) is 4.37. The molecule has 1 fully saturated rings. The fraction of sp³-hybridized carbons (Fsp3) is 0.625. The monoisotopic (exact) mass is 260 g/mol. The lowest BCUT2D eigenvalue weighted by Gasteiger charge is -2.26. The van der Waals surface area contributed by atoms with Gasteiger partial charge in [0.05, 0.1) is 6.61 Å². The molecule has 3 heteroatoms. The van der Waals surface area contributed by atoms with Crippen molar-refractivity contribution in [1.82, 2.24) is 5.32 Å². The van der Waals surface area contributed by atoms with Gasteiger partial charge in [0.15, 0.2) is 0 Å². The zero-order valence-electron chi connectivity index (χ0n) is 11.5. The van der Waals surface area contributed by atoms with Crippen molar-refractivity contribution in [3.63, 3.8) is 0 Å². The minimum atomic E-state index is 0.440. The molecule has 3 N–H and O–H groups in total. The Morgan fingerprint density at radius 2 is 2.05 bits per heavy atom. The van der Waals surface area contributed by atoms with Gasteiger partial charge in [-0.1, -0.05) is 12.1 Å². The van der Waals surface area contributed by atoms with Gasteiger partial charge in [0.2, 0.25) is 0 Å². The summed E-state index contributed by atoms with van der Waals surface area (Å²) in [5, 5.41) is 3.67. The Labute approximate surface area is 115 Å². The molecule has 0 bridgehead atoms. The van der Waals surface area contributed by atoms with Crippen LogP contribution in [0.4, 0.5) is 0 Å². The molecule has 2 aliphatic rings. The molecule has 0 aromatic heterocycles. The molecule has 0 radical (unpaired) electrons. The van der Waals surface area contributed by atoms with Crippen LogP contribution in [0.25, 0.3) is 0 Å². The lowest BCUT2D eigenvalue weighted by atomic mass is 9.92. The number of rotatable bonds is 4. The van der Waals surface area contributed by atoms with Gasteiger partial charge < -0.3 is 15.8 Å². The van der Waals surface area contributed by atoms with Gasteiger partial charge >= 0.3 is 0 Å². The molecule has 0 atom stereocenters. The van der Waals surface area contributed by atoms with Crippen LogP contribution in [-0.4, -0.2) is 25.2 Å². The Kier molecular flexibility index (Phi) is 4.04. The third kappa shape index (κ3) is 3.28. The second-order valence-corrected chi connectivity index (χ2v) is 5.86. The van der Waals surface area contributed by atoms with E-state index in [1.54, 1.807) is 0 Å². The first-order chi connectivity index (χ1) is 9.31. The summed E-state index contributed by atoms with van der Waals surface area (Å²) in [7, 11) is 0. The molecule has 0 spiro atoms. The zero-order chi connectivity index (χ0) is 13.1. The van der Waals surface area contributed by atoms with Crippen LogP contribution in [0.3, 0.4) is 0 Å². The van der Waals surface area contributed by atoms with Crippen LogP contribution >= 0.6 is 0 Å². The Balaban J connectivity index is 1.45. The first-order valence-corrected chi connectivity index (χ1v) is 7.55. The number of hydrogen-bond donors (Lipinski definition) is 2. The van der Waals surface area contributed by atoms with Gasteiger partial charge in [-0.2, -0.15) is 0 Å². The van der Waals surface area contributed by atoms with Crippen LogP contribution in [0.1, 0.15) is 36.8 Å². The Hall–Kier alpha value is -1.06. The number of ether oxygens (including phenoxy) is 1. The summed E-state index contributed by atoms with van der Waals surface area (Å²) in [4.78, 5) is 0. The van der Waals surface area contributed by atoms with E-state index in [9.17, 15) is 0 Å². The van der Waals surface area contributed by atoms with E-state index in [0.717, 1.165) is 31.7 Å². The first kappa shape index (κ1) is 12.9. The lowest BCUT2D eigenvalue weighted by Crippen LogP contribution is -2.38. The molecule has 0 saturated heterocycles. The first-order valence-electron chi connectivity index (χ1n) is 7.55. The summed E-state index contributed by atoms with van der Waals surface area (Å²) in [6.45, 7) is 1.92. The van der Waals surface area contributed by atoms with Crippen molar-refractivity contribution in [3.8, 4) is 5.75 Å². The fourth-order valence-electron chi connectivity index (χ4n) is 3.14. The summed E-state index contributed by atoms with van der Waals surface area (Å²) in [5.41, 5.74) is 8.73. The van der Waals surface area contributed by atoms with Crippen molar-refractivity contribution >= 4 is 0 Å². The number of benzene rings is 1. The average Bonchev–Trinajstić information content (AvgIpc) is 2.88. The summed E-state index contributed by atoms with van der Waals surface area (Å²) in [5.74, 6) is 1.08. The highest BCUT2D eigenvalue weighted by atomic mass is 16.5. The van der Waals surface area contributed by atoms with Crippen LogP contribution in [0.2, 0.25) is 0 Å². The molecule has 3 nitrogen and oxygen atoms in total. The smallest absolute Gasteiger partial charge is 0.122 e. The molecule has 1 aliphatic heterocycles. The zero-order valence-corrected chi connectivity index (χ0v) is 11.5. The molecule has 0 amide bonds. The third-order valence-electron chi connectivity index (χ3n) is 4.37. The molecule has 104 valence electrons. The van der Waals surface area contributed by atoms with Crippen LogP contribution in [0.15, 0.2) is 18.2 Å². The Bertz CT molecular complexity index is 425. The highest BCUT2D eigenvalue weighted by Crippen LogP contribution is 2.26. The van der Waals surface area contributed by atoms with Gasteiger partial charge in [-0.25, -0.2) is 0 Å². The van der Waals surface area contributed by atoms with E-state index >= 15 is 0 Å². The highest BCUT2D eigenvalue weighted by Gasteiger charge is 2.17. The van der Waals surface area contributed by atoms with Crippen LogP contribution in [-0.2, 0) is 12.8 Å². The topological polar surface area (TPSA) is 47.3 Å². The summed E-state index contributed by atoms with van der Waals surface area (Å²) in [6, 6.07) is 7.74. The normalized spacial score (nSPS) is 25.9. The lowest BCUT2D eigenvalue weighted by molar-refractivity contribution is 0.344. The van der Waals surface area contributed by atoms with Crippen LogP contribution in [0, 0.1) is 0 Å². The number of hydrogen-bond acceptors (Lipinski definition) is 3. The van der Waals surface area contributed by atoms with Gasteiger partial charge in [0, 0.05) is 18.5 Å². The fourth-order valence-corrected chi connectivity index (χ4v) is 3.14. The molecule has 1 saturated carbocycles. The predicted octanol–water partition coefficient (Wildman–Crippen LogP) is 2.02. The SMILES string of the molecule is NC1CCC(NCCc2ccc3c(c2)CCO3)CC1. The number of nitrogens with one attached hydrogen (secondary N) is 1. The van der Waals surface area contributed by atoms with Crippen molar-refractivity contribution in [2.24, 2.45) is 5.73 Å². The minimum absolute atomic E-state index is 0.440. The van der Waals surface area contributed by atoms with E-state index in [1.165, 1.54) is 36.8 Å². The van der Waals surface area contributed by atoms with Gasteiger partial charge in [0.25, 0.3) is 0 Å². The van der Waals surface area contributed by atoms with Crippen LogP contribution in [0.5, 0.6) is 5.75 Å². The predicted molar refractivity (Wildman–Crippen MR) is 77.6 cm³/mol. The van der Waals surface area contributed by atoms with Gasteiger partial charge in [-0.05, 0) is 55.8 Å². The van der Waals surface area contributed by atoms with Gasteiger partial charge in [-0.15, -0.1) is 0 Å². The van der Waals surface area contributed by atoms with E-state index in [4.69, 9.17) is 10.5 Å². The standard InChI is InChI=1S/C16H24N2O/c17-14-2-4-15(5-3-14)18-9-7-12-1-6-16-13(11-12)8-10-19-16/h1,6,11,14-15,18H,2-5,7-10,17H2. The van der Waals surface area contributed by atoms with Crippen molar-refractivity contribution in [1.29, 1.82) is 0 Å². The van der Waals surface area contributed by atoms with Gasteiger partial charge in [-0.3, -0.25) is 0 Å². The Morgan fingerprint density at radius 3 is 2.89 bits per heavy atom. The van der Waals surface area contributed by atoms with E-state index < -0.39 is 0 Å². The second-order valence-electron chi connectivity index (χ2n) is 5.86. The largest absolute Gasteiger partial charge is 0.493 e. The van der Waals surface area contributed by atoms with Crippen molar-refractivity contribution < 1.29 is 4.74 Å². The number of nitrogens with two attached hydrogens (primary N) is 1. The minimum Gasteiger partial charge on any atom is -0.493 e. The highest BCUT2D eigenvalue weighted by molar-refractivity contribution is 5.39. The quantitative estimate of drug-likeness (QED) is 0.870. The second kappa shape index (κ2) is 5.93. The van der Waals surface area contributed by atoms with E-state index in [-0.39, 0.29) is 0 Å². The molecule has 19 heavy (non-hydrogen) atoms. The summed E-state index contributed by atoms with van der Waals surface area (Å²) in [6.07, 6.45) is 6.99. The molecule has 3 rings (SSSR count). The van der Waals surface area contributed by atoms with Gasteiger partial charge in [0.1, 0.15) is 5.75 Å². The molecule has 1 aromatic rings. The maximum Gasteiger partial charge on any atom is 0.122 e. The summed E-state index contributed by atoms with van der Waals surface area (Å²) < 4.78 is 5.54. The maximum atomic E-state index is 5.93. The average molecular weight is 260 g/mol. The molecule has 1 aromatic carbocycles. The van der Waals surface area contributed by atoms with Crippen LogP contribution < -0.4 is 15.8 Å². The molecular weight excluding hydrogens is 236 g/mol. The van der Waals surface area contributed by atoms with E-state index in [1.807, 2.05) is 0 Å². The molecule has 1 heterocycles. The van der Waals surface area contributed by atoms with E-state index in [2.05, 4.69) is 23.5 Å². The number of fused-ring (bicyclic) bond motifs is 1. The summed E-state index contributed by atoms with van der Waals surface area (Å²) >= 11 is 0. The molecular formula is C16H24N2O. The van der Waals surface area contributed by atoms with E-state index in [0.29, 0.717) is 12.1 Å². The Morgan fingerprint density at radius 1 is 1.21 bits per heavy atom. The molecule has 0 unspecified atom stereocenters. The van der Waals surface area contributed by atoms with Crippen molar-refractivity contribution in [2.45, 2.75) is 50.6 Å². The molecule has 1 aliphatic carbocycles. The maximum absolute atomic E-state index is 5.93. The van der Waals surface area contributed by atoms with Crippen molar-refractivity contribution in [2.75, 3.05) is 13.2 Å². The van der Waals surface area contributed by atoms with Crippen molar-refractivity contribution in [3.05, 3.63) is 29.3 Å².